The Hall–Kier alpha value is -1.96. The average molecular weight is 227 g/mol. The lowest BCUT2D eigenvalue weighted by Gasteiger charge is -2.14. The normalized spacial score (nSPS) is 10.3. The third-order valence-electron chi connectivity index (χ3n) is 2.98. The molecule has 0 aliphatic carbocycles. The summed E-state index contributed by atoms with van der Waals surface area (Å²) >= 11 is 0. The summed E-state index contributed by atoms with van der Waals surface area (Å²) in [7, 11) is 1.67. The predicted octanol–water partition coefficient (Wildman–Crippen LogP) is 3.56. The number of hydrogen-bond acceptors (Lipinski definition) is 2. The monoisotopic (exact) mass is 227 g/mol. The molecule has 2 rings (SSSR count). The van der Waals surface area contributed by atoms with Crippen molar-refractivity contribution in [2.24, 2.45) is 0 Å². The Kier molecular flexibility index (Phi) is 3.05. The smallest absolute Gasteiger partial charge is 0.128 e. The quantitative estimate of drug-likeness (QED) is 0.796. The molecule has 0 bridgehead atoms. The summed E-state index contributed by atoms with van der Waals surface area (Å²) in [5.41, 5.74) is 11.3. The van der Waals surface area contributed by atoms with Gasteiger partial charge >= 0.3 is 0 Å². The van der Waals surface area contributed by atoms with Crippen LogP contribution in [0, 0.1) is 13.8 Å². The standard InChI is InChI=1S/C15H17NO/c1-10-5-4-6-11(2)15(10)13-8-7-12(16)9-14(13)17-3/h4-9H,16H2,1-3H3. The first kappa shape index (κ1) is 11.5. The van der Waals surface area contributed by atoms with Gasteiger partial charge in [0.25, 0.3) is 0 Å². The largest absolute Gasteiger partial charge is 0.496 e. The molecule has 0 atom stereocenters. The maximum Gasteiger partial charge on any atom is 0.128 e. The van der Waals surface area contributed by atoms with Gasteiger partial charge in [-0.05, 0) is 42.7 Å². The van der Waals surface area contributed by atoms with Gasteiger partial charge in [-0.3, -0.25) is 0 Å². The molecule has 2 N–H and O–H groups in total. The number of anilines is 1. The summed E-state index contributed by atoms with van der Waals surface area (Å²) in [5, 5.41) is 0. The first-order valence-electron chi connectivity index (χ1n) is 5.63. The van der Waals surface area contributed by atoms with E-state index >= 15 is 0 Å². The van der Waals surface area contributed by atoms with E-state index in [-0.39, 0.29) is 0 Å². The highest BCUT2D eigenvalue weighted by molar-refractivity contribution is 5.77. The molecule has 2 nitrogen and oxygen atoms in total. The SMILES string of the molecule is COc1cc(N)ccc1-c1c(C)cccc1C. The second-order valence-corrected chi connectivity index (χ2v) is 4.23. The number of methoxy groups -OCH3 is 1. The molecule has 2 aromatic rings. The highest BCUT2D eigenvalue weighted by atomic mass is 16.5. The van der Waals surface area contributed by atoms with Crippen LogP contribution in [-0.2, 0) is 0 Å². The second kappa shape index (κ2) is 4.50. The fraction of sp³-hybridized carbons (Fsp3) is 0.200. The van der Waals surface area contributed by atoms with Crippen molar-refractivity contribution in [2.75, 3.05) is 12.8 Å². The molecule has 88 valence electrons. The predicted molar refractivity (Wildman–Crippen MR) is 72.3 cm³/mol. The van der Waals surface area contributed by atoms with Crippen molar-refractivity contribution in [3.8, 4) is 16.9 Å². The van der Waals surface area contributed by atoms with Crippen molar-refractivity contribution in [1.82, 2.24) is 0 Å². The molecular formula is C15H17NO. The van der Waals surface area contributed by atoms with E-state index in [0.29, 0.717) is 0 Å². The molecule has 0 aliphatic rings. The van der Waals surface area contributed by atoms with E-state index in [2.05, 4.69) is 32.0 Å². The Bertz CT molecular complexity index is 526. The van der Waals surface area contributed by atoms with E-state index < -0.39 is 0 Å². The van der Waals surface area contributed by atoms with Crippen molar-refractivity contribution >= 4 is 5.69 Å². The molecular weight excluding hydrogens is 210 g/mol. The average Bonchev–Trinajstić information content (AvgIpc) is 2.30. The Balaban J connectivity index is 2.68. The van der Waals surface area contributed by atoms with Gasteiger partial charge in [-0.15, -0.1) is 0 Å². The van der Waals surface area contributed by atoms with E-state index in [0.717, 1.165) is 17.0 Å². The highest BCUT2D eigenvalue weighted by Gasteiger charge is 2.10. The third-order valence-corrected chi connectivity index (χ3v) is 2.98. The van der Waals surface area contributed by atoms with E-state index in [4.69, 9.17) is 10.5 Å². The maximum atomic E-state index is 5.78. The minimum absolute atomic E-state index is 0.719. The minimum atomic E-state index is 0.719. The molecule has 0 heterocycles. The lowest BCUT2D eigenvalue weighted by atomic mass is 9.95. The van der Waals surface area contributed by atoms with Crippen LogP contribution in [0.2, 0.25) is 0 Å². The summed E-state index contributed by atoms with van der Waals surface area (Å²) in [5.74, 6) is 0.822. The number of ether oxygens (including phenoxy) is 1. The number of rotatable bonds is 2. The molecule has 2 aromatic carbocycles. The van der Waals surface area contributed by atoms with Crippen molar-refractivity contribution < 1.29 is 4.74 Å². The fourth-order valence-electron chi connectivity index (χ4n) is 2.15. The van der Waals surface area contributed by atoms with E-state index in [1.54, 1.807) is 7.11 Å². The molecule has 0 spiro atoms. The maximum absolute atomic E-state index is 5.78. The molecule has 2 heteroatoms. The van der Waals surface area contributed by atoms with Gasteiger partial charge in [0.2, 0.25) is 0 Å². The van der Waals surface area contributed by atoms with Gasteiger partial charge in [0.05, 0.1) is 7.11 Å². The molecule has 0 saturated heterocycles. The summed E-state index contributed by atoms with van der Waals surface area (Å²) in [6, 6.07) is 12.1. The van der Waals surface area contributed by atoms with Gasteiger partial charge in [-0.1, -0.05) is 18.2 Å². The zero-order valence-electron chi connectivity index (χ0n) is 10.4. The third kappa shape index (κ3) is 2.11. The van der Waals surface area contributed by atoms with Crippen molar-refractivity contribution in [3.63, 3.8) is 0 Å². The number of nitrogen functional groups attached to an aromatic ring is 1. The van der Waals surface area contributed by atoms with Gasteiger partial charge in [0.1, 0.15) is 5.75 Å². The van der Waals surface area contributed by atoms with Crippen LogP contribution in [0.25, 0.3) is 11.1 Å². The van der Waals surface area contributed by atoms with Crippen LogP contribution in [0.5, 0.6) is 5.75 Å². The lowest BCUT2D eigenvalue weighted by molar-refractivity contribution is 0.416. The summed E-state index contributed by atoms with van der Waals surface area (Å²) in [6.07, 6.45) is 0. The van der Waals surface area contributed by atoms with Gasteiger partial charge < -0.3 is 10.5 Å². The zero-order valence-corrected chi connectivity index (χ0v) is 10.4. The topological polar surface area (TPSA) is 35.2 Å². The molecule has 0 amide bonds. The Morgan fingerprint density at radius 1 is 1.00 bits per heavy atom. The molecule has 0 saturated carbocycles. The van der Waals surface area contributed by atoms with Crippen LogP contribution in [-0.4, -0.2) is 7.11 Å². The minimum Gasteiger partial charge on any atom is -0.496 e. The summed E-state index contributed by atoms with van der Waals surface area (Å²) < 4.78 is 5.41. The van der Waals surface area contributed by atoms with Crippen LogP contribution in [0.3, 0.4) is 0 Å². The van der Waals surface area contributed by atoms with Crippen molar-refractivity contribution in [2.45, 2.75) is 13.8 Å². The van der Waals surface area contributed by atoms with Crippen LogP contribution in [0.1, 0.15) is 11.1 Å². The molecule has 17 heavy (non-hydrogen) atoms. The molecule has 0 aromatic heterocycles. The highest BCUT2D eigenvalue weighted by Crippen LogP contribution is 2.35. The van der Waals surface area contributed by atoms with Gasteiger partial charge in [0, 0.05) is 17.3 Å². The van der Waals surface area contributed by atoms with E-state index in [1.807, 2.05) is 18.2 Å². The Morgan fingerprint density at radius 2 is 1.65 bits per heavy atom. The number of benzene rings is 2. The van der Waals surface area contributed by atoms with Crippen LogP contribution < -0.4 is 10.5 Å². The number of aryl methyl sites for hydroxylation is 2. The van der Waals surface area contributed by atoms with E-state index in [9.17, 15) is 0 Å². The van der Waals surface area contributed by atoms with Gasteiger partial charge in [-0.25, -0.2) is 0 Å². The first-order chi connectivity index (χ1) is 8.13. The van der Waals surface area contributed by atoms with Crippen molar-refractivity contribution in [3.05, 3.63) is 47.5 Å². The van der Waals surface area contributed by atoms with E-state index in [1.165, 1.54) is 16.7 Å². The van der Waals surface area contributed by atoms with Gasteiger partial charge in [-0.2, -0.15) is 0 Å². The Labute approximate surface area is 102 Å². The Morgan fingerprint density at radius 3 is 2.24 bits per heavy atom. The first-order valence-corrected chi connectivity index (χ1v) is 5.63. The van der Waals surface area contributed by atoms with Crippen LogP contribution in [0.4, 0.5) is 5.69 Å². The number of hydrogen-bond donors (Lipinski definition) is 1. The molecule has 0 radical (unpaired) electrons. The molecule has 0 unspecified atom stereocenters. The molecule has 0 fully saturated rings. The fourth-order valence-corrected chi connectivity index (χ4v) is 2.15. The molecule has 0 aliphatic heterocycles. The van der Waals surface area contributed by atoms with Crippen LogP contribution >= 0.6 is 0 Å². The second-order valence-electron chi connectivity index (χ2n) is 4.23. The summed E-state index contributed by atoms with van der Waals surface area (Å²) in [4.78, 5) is 0. The number of nitrogens with two attached hydrogens (primary N) is 1. The summed E-state index contributed by atoms with van der Waals surface area (Å²) in [6.45, 7) is 4.22. The van der Waals surface area contributed by atoms with Crippen molar-refractivity contribution in [1.29, 1.82) is 0 Å². The van der Waals surface area contributed by atoms with Crippen LogP contribution in [0.15, 0.2) is 36.4 Å². The zero-order chi connectivity index (χ0) is 12.4. The lowest BCUT2D eigenvalue weighted by Crippen LogP contribution is -1.94. The van der Waals surface area contributed by atoms with Gasteiger partial charge in [0.15, 0.2) is 0 Å².